The number of rotatable bonds is 0. The zero-order valence-corrected chi connectivity index (χ0v) is 15.3. The van der Waals surface area contributed by atoms with Crippen molar-refractivity contribution in [2.24, 2.45) is 34.0 Å². The van der Waals surface area contributed by atoms with Gasteiger partial charge in [-0.2, -0.15) is 0 Å². The van der Waals surface area contributed by atoms with Gasteiger partial charge in [0.1, 0.15) is 5.41 Å². The summed E-state index contributed by atoms with van der Waals surface area (Å²) in [5.74, 6) is -3.64. The summed E-state index contributed by atoms with van der Waals surface area (Å²) in [5.41, 5.74) is -2.38. The molecule has 2 spiro atoms. The first-order valence-electron chi connectivity index (χ1n) is 9.68. The zero-order chi connectivity index (χ0) is 18.9. The van der Waals surface area contributed by atoms with Crippen LogP contribution in [-0.2, 0) is 9.53 Å². The Morgan fingerprint density at radius 3 is 2.62 bits per heavy atom. The van der Waals surface area contributed by atoms with E-state index in [0.29, 0.717) is 6.42 Å². The van der Waals surface area contributed by atoms with E-state index in [1.54, 1.807) is 0 Å². The Morgan fingerprint density at radius 1 is 1.23 bits per heavy atom. The molecule has 0 aromatic heterocycles. The summed E-state index contributed by atoms with van der Waals surface area (Å²) in [5, 5.41) is 44.9. The van der Waals surface area contributed by atoms with Crippen LogP contribution >= 0.6 is 0 Å². The Hall–Kier alpha value is -0.790. The van der Waals surface area contributed by atoms with E-state index in [4.69, 9.17) is 4.74 Å². The van der Waals surface area contributed by atoms with Gasteiger partial charge in [-0.1, -0.05) is 20.4 Å². The van der Waals surface area contributed by atoms with Gasteiger partial charge in [-0.25, -0.2) is 0 Å². The number of carbonyl (C=O) groups excluding carboxylic acids is 1. The van der Waals surface area contributed by atoms with Crippen LogP contribution in [0.15, 0.2) is 12.2 Å². The lowest BCUT2D eigenvalue weighted by Gasteiger charge is -2.73. The van der Waals surface area contributed by atoms with Crippen molar-refractivity contribution >= 4 is 5.78 Å². The number of Topliss-reactive ketones (excluding diaryl/α,β-unsaturated/α-hetero) is 1. The van der Waals surface area contributed by atoms with Gasteiger partial charge >= 0.3 is 0 Å². The van der Waals surface area contributed by atoms with Crippen molar-refractivity contribution in [1.29, 1.82) is 0 Å². The predicted molar refractivity (Wildman–Crippen MR) is 90.7 cm³/mol. The molecule has 2 saturated heterocycles. The Balaban J connectivity index is 1.80. The number of carbonyl (C=O) groups is 1. The summed E-state index contributed by atoms with van der Waals surface area (Å²) in [6.45, 7) is 8.19. The lowest BCUT2D eigenvalue weighted by molar-refractivity contribution is -0.435. The van der Waals surface area contributed by atoms with Gasteiger partial charge in [0.25, 0.3) is 0 Å². The Labute approximate surface area is 152 Å². The van der Waals surface area contributed by atoms with Crippen molar-refractivity contribution < 1.29 is 30.0 Å². The number of hydrogen-bond donors (Lipinski definition) is 4. The van der Waals surface area contributed by atoms with Crippen LogP contribution in [0.5, 0.6) is 0 Å². The maximum atomic E-state index is 13.3. The number of fused-ring (bicyclic) bond motifs is 2. The first kappa shape index (κ1) is 17.3. The van der Waals surface area contributed by atoms with Crippen LogP contribution in [0.25, 0.3) is 0 Å². The fraction of sp³-hybridized carbons (Fsp3) is 0.850. The summed E-state index contributed by atoms with van der Waals surface area (Å²) in [6.07, 6.45) is -1.01. The molecule has 0 unspecified atom stereocenters. The molecule has 0 aromatic carbocycles. The van der Waals surface area contributed by atoms with Gasteiger partial charge in [-0.05, 0) is 36.2 Å². The third kappa shape index (κ3) is 1.47. The molecule has 4 bridgehead atoms. The van der Waals surface area contributed by atoms with Gasteiger partial charge in [0.2, 0.25) is 0 Å². The normalized spacial score (nSPS) is 59.9. The smallest absolute Gasteiger partial charge is 0.181 e. The third-order valence-electron chi connectivity index (χ3n) is 8.88. The minimum atomic E-state index is -1.84. The van der Waals surface area contributed by atoms with Crippen molar-refractivity contribution in [1.82, 2.24) is 0 Å². The monoisotopic (exact) mass is 364 g/mol. The quantitative estimate of drug-likeness (QED) is 0.463. The van der Waals surface area contributed by atoms with Crippen molar-refractivity contribution in [3.63, 3.8) is 0 Å². The molecule has 6 heteroatoms. The number of ether oxygens (including phenoxy) is 1. The van der Waals surface area contributed by atoms with E-state index >= 15 is 0 Å². The highest BCUT2D eigenvalue weighted by atomic mass is 16.6. The van der Waals surface area contributed by atoms with E-state index in [9.17, 15) is 25.2 Å². The second kappa shape index (κ2) is 4.61. The molecule has 6 rings (SSSR count). The van der Waals surface area contributed by atoms with Crippen molar-refractivity contribution in [3.05, 3.63) is 12.2 Å². The minimum absolute atomic E-state index is 0.0966. The molecule has 144 valence electrons. The highest BCUT2D eigenvalue weighted by molar-refractivity contribution is 6.05. The second-order valence-electron chi connectivity index (χ2n) is 10.0. The molecular formula is C20H28O6. The van der Waals surface area contributed by atoms with Gasteiger partial charge in [-0.3, -0.25) is 4.79 Å². The molecule has 4 N–H and O–H groups in total. The molecular weight excluding hydrogens is 336 g/mol. The molecule has 6 aliphatic rings. The maximum absolute atomic E-state index is 13.3. The molecule has 4 aliphatic carbocycles. The van der Waals surface area contributed by atoms with Crippen LogP contribution in [0.4, 0.5) is 0 Å². The fourth-order valence-electron chi connectivity index (χ4n) is 7.76. The SMILES string of the molecule is C=C1C(=O)[C@@]23[C@H](O)[C@H]1C[C@H](O)[C@H]2[C@@]12CO[C@]3(O)C[C@@H]1C(C)(C)CC[C@@H]2O. The van der Waals surface area contributed by atoms with Crippen molar-refractivity contribution in [3.8, 4) is 0 Å². The summed E-state index contributed by atoms with van der Waals surface area (Å²) in [7, 11) is 0. The number of aliphatic hydroxyl groups is 4. The average Bonchev–Trinajstić information content (AvgIpc) is 2.70. The molecule has 4 saturated carbocycles. The molecule has 2 aliphatic heterocycles. The standard InChI is InChI=1S/C20H28O6/c1-9-10-6-11(21)14-18-8-26-19(25,20(14,15(9)23)16(10)24)7-12(18)17(2,3)5-4-13(18)22/h10-14,16,21-22,24-25H,1,4-8H2,2-3H3/t10-,11-,12+,13-,14-,16+,18-,19+,20+/m0/s1. The van der Waals surface area contributed by atoms with Crippen LogP contribution < -0.4 is 0 Å². The predicted octanol–water partition coefficient (Wildman–Crippen LogP) is 0.376. The molecule has 2 heterocycles. The number of ketones is 1. The van der Waals surface area contributed by atoms with Gasteiger partial charge < -0.3 is 25.2 Å². The Morgan fingerprint density at radius 2 is 1.92 bits per heavy atom. The van der Waals surface area contributed by atoms with Crippen LogP contribution in [0, 0.1) is 34.0 Å². The van der Waals surface area contributed by atoms with Gasteiger partial charge in [0, 0.05) is 23.7 Å². The van der Waals surface area contributed by atoms with Gasteiger partial charge in [0.15, 0.2) is 11.6 Å². The van der Waals surface area contributed by atoms with Crippen molar-refractivity contribution in [2.75, 3.05) is 6.61 Å². The molecule has 26 heavy (non-hydrogen) atoms. The number of hydrogen-bond acceptors (Lipinski definition) is 6. The van der Waals surface area contributed by atoms with E-state index in [2.05, 4.69) is 20.4 Å². The van der Waals surface area contributed by atoms with E-state index in [1.807, 2.05) is 0 Å². The minimum Gasteiger partial charge on any atom is -0.393 e. The van der Waals surface area contributed by atoms with Crippen LogP contribution in [0.1, 0.15) is 39.5 Å². The molecule has 6 fully saturated rings. The van der Waals surface area contributed by atoms with Crippen LogP contribution in [0.3, 0.4) is 0 Å². The van der Waals surface area contributed by atoms with Crippen molar-refractivity contribution in [2.45, 2.75) is 63.6 Å². The lowest BCUT2D eigenvalue weighted by atomic mass is 9.36. The number of aliphatic hydroxyl groups excluding tert-OH is 3. The fourth-order valence-corrected chi connectivity index (χ4v) is 7.76. The van der Waals surface area contributed by atoms with Crippen LogP contribution in [0.2, 0.25) is 0 Å². The van der Waals surface area contributed by atoms with Gasteiger partial charge in [-0.15, -0.1) is 0 Å². The maximum Gasteiger partial charge on any atom is 0.181 e. The summed E-state index contributed by atoms with van der Waals surface area (Å²) < 4.78 is 5.88. The molecule has 6 nitrogen and oxygen atoms in total. The summed E-state index contributed by atoms with van der Waals surface area (Å²) in [4.78, 5) is 13.3. The largest absolute Gasteiger partial charge is 0.393 e. The average molecular weight is 364 g/mol. The third-order valence-corrected chi connectivity index (χ3v) is 8.88. The van der Waals surface area contributed by atoms with E-state index < -0.39 is 52.5 Å². The highest BCUT2D eigenvalue weighted by Gasteiger charge is 2.85. The Bertz CT molecular complexity index is 717. The molecule has 0 amide bonds. The first-order chi connectivity index (χ1) is 12.0. The first-order valence-corrected chi connectivity index (χ1v) is 9.68. The summed E-state index contributed by atoms with van der Waals surface area (Å²) in [6, 6.07) is 0. The second-order valence-corrected chi connectivity index (χ2v) is 10.0. The van der Waals surface area contributed by atoms with E-state index in [0.717, 1.165) is 6.42 Å². The summed E-state index contributed by atoms with van der Waals surface area (Å²) >= 11 is 0. The van der Waals surface area contributed by atoms with E-state index in [1.165, 1.54) is 0 Å². The van der Waals surface area contributed by atoms with Crippen LogP contribution in [-0.4, -0.2) is 56.9 Å². The highest BCUT2D eigenvalue weighted by Crippen LogP contribution is 2.76. The molecule has 9 atom stereocenters. The lowest BCUT2D eigenvalue weighted by Crippen LogP contribution is -2.82. The molecule has 0 aromatic rings. The Kier molecular flexibility index (Phi) is 3.07. The van der Waals surface area contributed by atoms with E-state index in [-0.39, 0.29) is 36.4 Å². The molecule has 0 radical (unpaired) electrons. The topological polar surface area (TPSA) is 107 Å². The zero-order valence-electron chi connectivity index (χ0n) is 15.3. The van der Waals surface area contributed by atoms with Gasteiger partial charge in [0.05, 0.1) is 24.9 Å².